The maximum atomic E-state index is 12.8. The van der Waals surface area contributed by atoms with Crippen LogP contribution < -0.4 is 10.0 Å². The molecule has 1 aromatic heterocycles. The molecular weight excluding hydrogens is 338 g/mol. The molecule has 0 spiro atoms. The second kappa shape index (κ2) is 7.44. The van der Waals surface area contributed by atoms with Gasteiger partial charge in [0.05, 0.1) is 11.1 Å². The Morgan fingerprint density at radius 1 is 1.30 bits per heavy atom. The molecule has 0 radical (unpaired) electrons. The van der Waals surface area contributed by atoms with E-state index in [0.29, 0.717) is 11.3 Å². The summed E-state index contributed by atoms with van der Waals surface area (Å²) in [6.45, 7) is 3.68. The molecule has 23 heavy (non-hydrogen) atoms. The van der Waals surface area contributed by atoms with Crippen molar-refractivity contribution in [1.82, 2.24) is 15.2 Å². The Hall–Kier alpha value is -1.41. The minimum absolute atomic E-state index is 0. The standard InChI is InChI=1S/C15H19N3O3S.ClH/c1-11-10-16-8-6-13(11)18-22(19,20)15-5-3-2-4-12(15)14-7-9-17-21-14;/h2-5,7,9,11,13,16,18H,6,8,10H2,1H3;1H. The Labute approximate surface area is 142 Å². The molecule has 3 rings (SSSR count). The lowest BCUT2D eigenvalue weighted by Crippen LogP contribution is -2.48. The van der Waals surface area contributed by atoms with Gasteiger partial charge >= 0.3 is 0 Å². The minimum atomic E-state index is -3.62. The lowest BCUT2D eigenvalue weighted by Gasteiger charge is -2.30. The van der Waals surface area contributed by atoms with Crippen LogP contribution in [0.4, 0.5) is 0 Å². The molecule has 1 aliphatic heterocycles. The Kier molecular flexibility index (Phi) is 5.80. The predicted octanol–water partition coefficient (Wildman–Crippen LogP) is 2.04. The molecule has 1 aromatic carbocycles. The van der Waals surface area contributed by atoms with Gasteiger partial charge in [0.25, 0.3) is 0 Å². The van der Waals surface area contributed by atoms with E-state index in [0.717, 1.165) is 19.5 Å². The molecule has 1 saturated heterocycles. The Morgan fingerprint density at radius 3 is 2.78 bits per heavy atom. The molecule has 0 saturated carbocycles. The van der Waals surface area contributed by atoms with Crippen molar-refractivity contribution in [1.29, 1.82) is 0 Å². The second-order valence-electron chi connectivity index (χ2n) is 5.57. The summed E-state index contributed by atoms with van der Waals surface area (Å²) in [5, 5.41) is 6.92. The van der Waals surface area contributed by atoms with E-state index in [2.05, 4.69) is 15.2 Å². The van der Waals surface area contributed by atoms with Crippen LogP contribution >= 0.6 is 12.4 Å². The summed E-state index contributed by atoms with van der Waals surface area (Å²) >= 11 is 0. The fourth-order valence-corrected chi connectivity index (χ4v) is 4.30. The number of nitrogens with one attached hydrogen (secondary N) is 2. The van der Waals surface area contributed by atoms with Crippen LogP contribution in [0.15, 0.2) is 45.9 Å². The van der Waals surface area contributed by atoms with Crippen molar-refractivity contribution in [3.63, 3.8) is 0 Å². The van der Waals surface area contributed by atoms with Gasteiger partial charge in [-0.3, -0.25) is 0 Å². The van der Waals surface area contributed by atoms with Crippen molar-refractivity contribution < 1.29 is 12.9 Å². The summed E-state index contributed by atoms with van der Waals surface area (Å²) in [6.07, 6.45) is 2.28. The van der Waals surface area contributed by atoms with E-state index in [9.17, 15) is 8.42 Å². The molecule has 2 heterocycles. The van der Waals surface area contributed by atoms with Gasteiger partial charge in [0.1, 0.15) is 0 Å². The lowest BCUT2D eigenvalue weighted by molar-refractivity contribution is 0.328. The quantitative estimate of drug-likeness (QED) is 0.874. The monoisotopic (exact) mass is 357 g/mol. The molecule has 2 N–H and O–H groups in total. The predicted molar refractivity (Wildman–Crippen MR) is 89.9 cm³/mol. The molecule has 2 unspecified atom stereocenters. The molecule has 8 heteroatoms. The topological polar surface area (TPSA) is 84.2 Å². The third kappa shape index (κ3) is 3.92. The van der Waals surface area contributed by atoms with E-state index >= 15 is 0 Å². The average molecular weight is 358 g/mol. The van der Waals surface area contributed by atoms with Gasteiger partial charge in [0, 0.05) is 17.7 Å². The first kappa shape index (κ1) is 17.9. The first-order valence-electron chi connectivity index (χ1n) is 7.31. The van der Waals surface area contributed by atoms with E-state index in [4.69, 9.17) is 4.52 Å². The van der Waals surface area contributed by atoms with Gasteiger partial charge in [-0.1, -0.05) is 24.2 Å². The van der Waals surface area contributed by atoms with Crippen molar-refractivity contribution in [2.45, 2.75) is 24.3 Å². The summed E-state index contributed by atoms with van der Waals surface area (Å²) in [6, 6.07) is 8.40. The number of benzene rings is 1. The number of piperidine rings is 1. The van der Waals surface area contributed by atoms with Crippen molar-refractivity contribution in [3.05, 3.63) is 36.5 Å². The summed E-state index contributed by atoms with van der Waals surface area (Å²) in [5.41, 5.74) is 0.522. The molecule has 2 atom stereocenters. The average Bonchev–Trinajstić information content (AvgIpc) is 3.04. The molecule has 2 aromatic rings. The molecule has 6 nitrogen and oxygen atoms in total. The molecule has 1 aliphatic rings. The number of rotatable bonds is 4. The first-order chi connectivity index (χ1) is 10.6. The fourth-order valence-electron chi connectivity index (χ4n) is 2.71. The van der Waals surface area contributed by atoms with Crippen molar-refractivity contribution in [2.75, 3.05) is 13.1 Å². The zero-order chi connectivity index (χ0) is 15.6. The van der Waals surface area contributed by atoms with E-state index < -0.39 is 10.0 Å². The maximum absolute atomic E-state index is 12.8. The molecule has 126 valence electrons. The molecular formula is C15H20ClN3O3S. The number of sulfonamides is 1. The number of hydrogen-bond donors (Lipinski definition) is 2. The number of hydrogen-bond acceptors (Lipinski definition) is 5. The fraction of sp³-hybridized carbons (Fsp3) is 0.400. The van der Waals surface area contributed by atoms with Crippen molar-refractivity contribution in [3.8, 4) is 11.3 Å². The van der Waals surface area contributed by atoms with Gasteiger partial charge in [-0.2, -0.15) is 0 Å². The number of nitrogens with zero attached hydrogens (tertiary/aromatic N) is 1. The summed E-state index contributed by atoms with van der Waals surface area (Å²) < 4.78 is 33.5. The SMILES string of the molecule is CC1CNCCC1NS(=O)(=O)c1ccccc1-c1ccno1.Cl. The third-order valence-electron chi connectivity index (χ3n) is 3.97. The van der Waals surface area contributed by atoms with Crippen LogP contribution in [0, 0.1) is 5.92 Å². The summed E-state index contributed by atoms with van der Waals surface area (Å²) in [4.78, 5) is 0.220. The highest BCUT2D eigenvalue weighted by Crippen LogP contribution is 2.27. The summed E-state index contributed by atoms with van der Waals surface area (Å²) in [7, 11) is -3.62. The molecule has 0 aliphatic carbocycles. The second-order valence-corrected chi connectivity index (χ2v) is 7.25. The van der Waals surface area contributed by atoms with E-state index in [1.807, 2.05) is 6.92 Å². The highest BCUT2D eigenvalue weighted by atomic mass is 35.5. The summed E-state index contributed by atoms with van der Waals surface area (Å²) in [5.74, 6) is 0.695. The molecule has 1 fully saturated rings. The maximum Gasteiger partial charge on any atom is 0.241 e. The van der Waals surface area contributed by atoms with Crippen LogP contribution in [-0.2, 0) is 10.0 Å². The normalized spacial score (nSPS) is 21.6. The number of halogens is 1. The van der Waals surface area contributed by atoms with Crippen LogP contribution in [0.5, 0.6) is 0 Å². The van der Waals surface area contributed by atoms with E-state index in [-0.39, 0.29) is 29.3 Å². The van der Waals surface area contributed by atoms with Gasteiger partial charge in [-0.05, 0) is 37.6 Å². The van der Waals surface area contributed by atoms with Crippen LogP contribution in [0.2, 0.25) is 0 Å². The van der Waals surface area contributed by atoms with Gasteiger partial charge < -0.3 is 9.84 Å². The van der Waals surface area contributed by atoms with E-state index in [1.165, 1.54) is 6.20 Å². The zero-order valence-electron chi connectivity index (χ0n) is 12.7. The largest absolute Gasteiger partial charge is 0.356 e. The van der Waals surface area contributed by atoms with Crippen LogP contribution in [0.3, 0.4) is 0 Å². The zero-order valence-corrected chi connectivity index (χ0v) is 14.4. The Morgan fingerprint density at radius 2 is 2.09 bits per heavy atom. The van der Waals surface area contributed by atoms with Gasteiger partial charge in [-0.15, -0.1) is 12.4 Å². The lowest BCUT2D eigenvalue weighted by atomic mass is 9.97. The smallest absolute Gasteiger partial charge is 0.241 e. The van der Waals surface area contributed by atoms with E-state index in [1.54, 1.807) is 30.3 Å². The minimum Gasteiger partial charge on any atom is -0.356 e. The van der Waals surface area contributed by atoms with Gasteiger partial charge in [0.15, 0.2) is 5.76 Å². The first-order valence-corrected chi connectivity index (χ1v) is 8.79. The van der Waals surface area contributed by atoms with Crippen LogP contribution in [0.25, 0.3) is 11.3 Å². The van der Waals surface area contributed by atoms with Gasteiger partial charge in [0.2, 0.25) is 10.0 Å². The highest BCUT2D eigenvalue weighted by Gasteiger charge is 2.28. The van der Waals surface area contributed by atoms with Crippen LogP contribution in [0.1, 0.15) is 13.3 Å². The third-order valence-corrected chi connectivity index (χ3v) is 5.52. The van der Waals surface area contributed by atoms with Crippen molar-refractivity contribution in [2.24, 2.45) is 5.92 Å². The number of aromatic nitrogens is 1. The molecule has 0 bridgehead atoms. The highest BCUT2D eigenvalue weighted by molar-refractivity contribution is 7.89. The van der Waals surface area contributed by atoms with Gasteiger partial charge in [-0.25, -0.2) is 13.1 Å². The Balaban J connectivity index is 0.00000192. The molecule has 0 amide bonds. The van der Waals surface area contributed by atoms with Crippen molar-refractivity contribution >= 4 is 22.4 Å². The Bertz CT molecular complexity index is 734. The van der Waals surface area contributed by atoms with Crippen LogP contribution in [-0.4, -0.2) is 32.7 Å².